The molecule has 1 atom stereocenters. The highest BCUT2D eigenvalue weighted by Crippen LogP contribution is 2.27. The molecule has 0 radical (unpaired) electrons. The maximum atomic E-state index is 5.97. The molecule has 0 aliphatic heterocycles. The van der Waals surface area contributed by atoms with Gasteiger partial charge in [-0.1, -0.05) is 0 Å². The number of ether oxygens (including phenoxy) is 1. The molecule has 1 aromatic carbocycles. The lowest BCUT2D eigenvalue weighted by Gasteiger charge is -2.29. The van der Waals surface area contributed by atoms with Gasteiger partial charge in [-0.05, 0) is 31.2 Å². The summed E-state index contributed by atoms with van der Waals surface area (Å²) >= 11 is 0. The molecule has 0 spiro atoms. The van der Waals surface area contributed by atoms with Crippen LogP contribution in [0.2, 0.25) is 0 Å². The number of methoxy groups -OCH3 is 1. The van der Waals surface area contributed by atoms with Crippen LogP contribution >= 0.6 is 0 Å². The van der Waals surface area contributed by atoms with Crippen molar-refractivity contribution in [3.8, 4) is 5.75 Å². The van der Waals surface area contributed by atoms with Crippen molar-refractivity contribution in [1.29, 1.82) is 0 Å². The Morgan fingerprint density at radius 1 is 1.35 bits per heavy atom. The highest BCUT2D eigenvalue weighted by atomic mass is 16.5. The molecule has 0 aliphatic carbocycles. The topological polar surface area (TPSA) is 56.3 Å². The summed E-state index contributed by atoms with van der Waals surface area (Å²) in [5.41, 5.74) is 9.38. The Morgan fingerprint density at radius 3 is 2.45 bits per heavy atom. The zero-order valence-electron chi connectivity index (χ0n) is 12.5. The van der Waals surface area contributed by atoms with Crippen LogP contribution in [0.5, 0.6) is 5.75 Å². The van der Waals surface area contributed by atoms with Gasteiger partial charge in [0, 0.05) is 37.6 Å². The van der Waals surface area contributed by atoms with Crippen LogP contribution in [0.15, 0.2) is 30.5 Å². The van der Waals surface area contributed by atoms with Crippen LogP contribution in [-0.2, 0) is 7.05 Å². The van der Waals surface area contributed by atoms with E-state index >= 15 is 0 Å². The van der Waals surface area contributed by atoms with Crippen LogP contribution < -0.4 is 15.4 Å². The quantitative estimate of drug-likeness (QED) is 0.904. The fourth-order valence-electron chi connectivity index (χ4n) is 2.33. The zero-order valence-corrected chi connectivity index (χ0v) is 12.5. The predicted molar refractivity (Wildman–Crippen MR) is 81.1 cm³/mol. The minimum atomic E-state index is 0.108. The molecule has 0 saturated heterocycles. The van der Waals surface area contributed by atoms with E-state index in [1.807, 2.05) is 49.2 Å². The number of rotatable bonds is 5. The molecule has 0 fully saturated rings. The fourth-order valence-corrected chi connectivity index (χ4v) is 2.33. The predicted octanol–water partition coefficient (Wildman–Crippen LogP) is 1.87. The standard InChI is InChI=1S/C15H22N4O/c1-11-14(10-17-19(11)3)15(9-16)18(2)12-5-7-13(20-4)8-6-12/h5-8,10,15H,9,16H2,1-4H3. The maximum Gasteiger partial charge on any atom is 0.119 e. The lowest BCUT2D eigenvalue weighted by atomic mass is 10.1. The SMILES string of the molecule is COc1ccc(N(C)C(CN)c2cnn(C)c2C)cc1. The van der Waals surface area contributed by atoms with Gasteiger partial charge in [-0.2, -0.15) is 5.10 Å². The second-order valence-electron chi connectivity index (χ2n) is 4.87. The van der Waals surface area contributed by atoms with Gasteiger partial charge in [0.05, 0.1) is 19.3 Å². The molecule has 2 aromatic rings. The van der Waals surface area contributed by atoms with E-state index < -0.39 is 0 Å². The molecule has 0 aliphatic rings. The van der Waals surface area contributed by atoms with Crippen LogP contribution in [0, 0.1) is 6.92 Å². The van der Waals surface area contributed by atoms with E-state index in [0.29, 0.717) is 6.54 Å². The van der Waals surface area contributed by atoms with Crippen molar-refractivity contribution < 1.29 is 4.74 Å². The minimum absolute atomic E-state index is 0.108. The van der Waals surface area contributed by atoms with Gasteiger partial charge in [0.15, 0.2) is 0 Å². The lowest BCUT2D eigenvalue weighted by molar-refractivity contribution is 0.415. The fraction of sp³-hybridized carbons (Fsp3) is 0.400. The smallest absolute Gasteiger partial charge is 0.119 e. The summed E-state index contributed by atoms with van der Waals surface area (Å²) in [4.78, 5) is 2.17. The number of nitrogens with two attached hydrogens (primary N) is 1. The molecule has 2 rings (SSSR count). The van der Waals surface area contributed by atoms with Crippen molar-refractivity contribution in [2.75, 3.05) is 25.6 Å². The first-order valence-corrected chi connectivity index (χ1v) is 6.64. The van der Waals surface area contributed by atoms with E-state index in [9.17, 15) is 0 Å². The summed E-state index contributed by atoms with van der Waals surface area (Å²) in [6, 6.07) is 8.09. The van der Waals surface area contributed by atoms with Gasteiger partial charge < -0.3 is 15.4 Å². The van der Waals surface area contributed by atoms with Crippen LogP contribution in [0.3, 0.4) is 0 Å². The third-order valence-electron chi connectivity index (χ3n) is 3.80. The van der Waals surface area contributed by atoms with Crippen molar-refractivity contribution in [1.82, 2.24) is 9.78 Å². The minimum Gasteiger partial charge on any atom is -0.497 e. The number of benzene rings is 1. The maximum absolute atomic E-state index is 5.97. The summed E-state index contributed by atoms with van der Waals surface area (Å²) in [5, 5.41) is 4.30. The lowest BCUT2D eigenvalue weighted by Crippen LogP contribution is -2.30. The molecular weight excluding hydrogens is 252 g/mol. The summed E-state index contributed by atoms with van der Waals surface area (Å²) in [5.74, 6) is 0.851. The number of aryl methyl sites for hydroxylation is 1. The molecule has 1 aromatic heterocycles. The molecule has 1 unspecified atom stereocenters. The Labute approximate surface area is 119 Å². The van der Waals surface area contributed by atoms with E-state index in [1.165, 1.54) is 0 Å². The van der Waals surface area contributed by atoms with Crippen LogP contribution in [0.1, 0.15) is 17.3 Å². The second-order valence-corrected chi connectivity index (χ2v) is 4.87. The van der Waals surface area contributed by atoms with Crippen LogP contribution in [0.25, 0.3) is 0 Å². The van der Waals surface area contributed by atoms with Crippen molar-refractivity contribution >= 4 is 5.69 Å². The Balaban J connectivity index is 2.28. The monoisotopic (exact) mass is 274 g/mol. The normalized spacial score (nSPS) is 12.2. The number of aromatic nitrogens is 2. The molecule has 0 amide bonds. The molecule has 5 nitrogen and oxygen atoms in total. The highest BCUT2D eigenvalue weighted by molar-refractivity contribution is 5.50. The Kier molecular flexibility index (Phi) is 4.29. The van der Waals surface area contributed by atoms with Gasteiger partial charge >= 0.3 is 0 Å². The van der Waals surface area contributed by atoms with Crippen molar-refractivity contribution in [2.24, 2.45) is 12.8 Å². The molecule has 20 heavy (non-hydrogen) atoms. The van der Waals surface area contributed by atoms with Gasteiger partial charge in [0.1, 0.15) is 5.75 Å². The van der Waals surface area contributed by atoms with Gasteiger partial charge in [0.2, 0.25) is 0 Å². The first-order valence-electron chi connectivity index (χ1n) is 6.64. The van der Waals surface area contributed by atoms with Gasteiger partial charge in [-0.25, -0.2) is 0 Å². The van der Waals surface area contributed by atoms with E-state index in [1.54, 1.807) is 7.11 Å². The Morgan fingerprint density at radius 2 is 2.00 bits per heavy atom. The molecule has 108 valence electrons. The number of nitrogens with zero attached hydrogens (tertiary/aromatic N) is 3. The summed E-state index contributed by atoms with van der Waals surface area (Å²) in [6.45, 7) is 2.60. The summed E-state index contributed by atoms with van der Waals surface area (Å²) in [6.07, 6.45) is 1.90. The number of hydrogen-bond donors (Lipinski definition) is 1. The average Bonchev–Trinajstić information content (AvgIpc) is 2.80. The first-order chi connectivity index (χ1) is 9.58. The van der Waals surface area contributed by atoms with Crippen molar-refractivity contribution in [2.45, 2.75) is 13.0 Å². The Bertz CT molecular complexity index is 562. The number of anilines is 1. The molecule has 0 bridgehead atoms. The van der Waals surface area contributed by atoms with Crippen LogP contribution in [-0.4, -0.2) is 30.5 Å². The van der Waals surface area contributed by atoms with Crippen molar-refractivity contribution in [3.05, 3.63) is 41.7 Å². The molecule has 5 heteroatoms. The van der Waals surface area contributed by atoms with E-state index in [4.69, 9.17) is 10.5 Å². The summed E-state index contributed by atoms with van der Waals surface area (Å²) < 4.78 is 7.06. The van der Waals surface area contributed by atoms with Gasteiger partial charge in [0.25, 0.3) is 0 Å². The largest absolute Gasteiger partial charge is 0.497 e. The highest BCUT2D eigenvalue weighted by Gasteiger charge is 2.20. The molecular formula is C15H22N4O. The van der Waals surface area contributed by atoms with E-state index in [-0.39, 0.29) is 6.04 Å². The van der Waals surface area contributed by atoms with E-state index in [0.717, 1.165) is 22.7 Å². The first kappa shape index (κ1) is 14.4. The van der Waals surface area contributed by atoms with Crippen LogP contribution in [0.4, 0.5) is 5.69 Å². The zero-order chi connectivity index (χ0) is 14.7. The van der Waals surface area contributed by atoms with E-state index in [2.05, 4.69) is 16.9 Å². The number of hydrogen-bond acceptors (Lipinski definition) is 4. The molecule has 2 N–H and O–H groups in total. The van der Waals surface area contributed by atoms with Gasteiger partial charge in [-0.15, -0.1) is 0 Å². The summed E-state index contributed by atoms with van der Waals surface area (Å²) in [7, 11) is 5.66. The van der Waals surface area contributed by atoms with Gasteiger partial charge in [-0.3, -0.25) is 4.68 Å². The van der Waals surface area contributed by atoms with Crippen molar-refractivity contribution in [3.63, 3.8) is 0 Å². The third-order valence-corrected chi connectivity index (χ3v) is 3.80. The number of likely N-dealkylation sites (N-methyl/N-ethyl adjacent to an activating group) is 1. The average molecular weight is 274 g/mol. The Hall–Kier alpha value is -2.01. The second kappa shape index (κ2) is 5.96. The molecule has 1 heterocycles. The molecule has 0 saturated carbocycles. The third kappa shape index (κ3) is 2.63.